The summed E-state index contributed by atoms with van der Waals surface area (Å²) in [6, 6.07) is 16.2. The quantitative estimate of drug-likeness (QED) is 0.462. The van der Waals surface area contributed by atoms with Crippen molar-refractivity contribution in [1.29, 1.82) is 0 Å². The highest BCUT2D eigenvalue weighted by molar-refractivity contribution is 6.05. The van der Waals surface area contributed by atoms with Gasteiger partial charge in [-0.1, -0.05) is 42.5 Å². The van der Waals surface area contributed by atoms with E-state index in [0.717, 1.165) is 0 Å². The van der Waals surface area contributed by atoms with E-state index in [1.165, 1.54) is 42.5 Å². The number of hydrogen-bond acceptors (Lipinski definition) is 3. The van der Waals surface area contributed by atoms with E-state index >= 15 is 4.39 Å². The van der Waals surface area contributed by atoms with E-state index in [1.807, 2.05) is 0 Å². The number of carbonyl (C=O) groups excluding carboxylic acids is 1. The molecule has 0 aliphatic rings. The maximum atomic E-state index is 15.2. The summed E-state index contributed by atoms with van der Waals surface area (Å²) in [6.45, 7) is 1.72. The second-order valence-corrected chi connectivity index (χ2v) is 7.66. The number of anilines is 1. The van der Waals surface area contributed by atoms with Crippen LogP contribution in [0, 0.1) is 5.82 Å². The Balaban J connectivity index is 1.87. The van der Waals surface area contributed by atoms with Gasteiger partial charge >= 0.3 is 6.18 Å². The minimum atomic E-state index is -4.55. The fraction of sp³-hybridized carbons (Fsp3) is 0.208. The van der Waals surface area contributed by atoms with Gasteiger partial charge in [0, 0.05) is 16.8 Å². The van der Waals surface area contributed by atoms with Gasteiger partial charge in [0.15, 0.2) is 6.61 Å². The van der Waals surface area contributed by atoms with E-state index in [2.05, 4.69) is 5.32 Å². The first-order chi connectivity index (χ1) is 15.0. The summed E-state index contributed by atoms with van der Waals surface area (Å²) in [5, 5.41) is 12.6. The highest BCUT2D eigenvalue weighted by Crippen LogP contribution is 2.34. The lowest BCUT2D eigenvalue weighted by Gasteiger charge is -2.18. The molecule has 3 aromatic rings. The third kappa shape index (κ3) is 5.64. The van der Waals surface area contributed by atoms with Crippen LogP contribution in [0.4, 0.5) is 23.2 Å². The van der Waals surface area contributed by atoms with Gasteiger partial charge in [-0.3, -0.25) is 4.79 Å². The Morgan fingerprint density at radius 1 is 0.938 bits per heavy atom. The predicted octanol–water partition coefficient (Wildman–Crippen LogP) is 5.91. The number of alkyl halides is 3. The summed E-state index contributed by atoms with van der Waals surface area (Å²) in [4.78, 5) is 12.7. The van der Waals surface area contributed by atoms with E-state index in [9.17, 15) is 23.1 Å². The molecular formula is C24H21F4NO3. The summed E-state index contributed by atoms with van der Waals surface area (Å²) in [5.74, 6) is -1.77. The molecule has 168 valence electrons. The molecule has 1 amide bonds. The van der Waals surface area contributed by atoms with Crippen LogP contribution in [0.1, 0.15) is 29.8 Å². The molecule has 0 aliphatic heterocycles. The van der Waals surface area contributed by atoms with Crippen molar-refractivity contribution in [3.8, 4) is 16.9 Å². The minimum Gasteiger partial charge on any atom is -0.483 e. The molecule has 0 heterocycles. The van der Waals surface area contributed by atoms with Crippen LogP contribution in [-0.2, 0) is 5.60 Å². The third-order valence-electron chi connectivity index (χ3n) is 4.66. The Morgan fingerprint density at radius 2 is 1.56 bits per heavy atom. The van der Waals surface area contributed by atoms with Gasteiger partial charge in [0.1, 0.15) is 11.6 Å². The molecule has 0 atom stereocenters. The molecule has 0 spiro atoms. The summed E-state index contributed by atoms with van der Waals surface area (Å²) >= 11 is 0. The summed E-state index contributed by atoms with van der Waals surface area (Å²) in [5.41, 5.74) is -0.267. The van der Waals surface area contributed by atoms with Crippen molar-refractivity contribution in [3.05, 3.63) is 83.7 Å². The zero-order valence-electron chi connectivity index (χ0n) is 17.3. The molecule has 0 aromatic heterocycles. The molecule has 0 bridgehead atoms. The Bertz CT molecular complexity index is 1100. The lowest BCUT2D eigenvalue weighted by atomic mass is 9.98. The van der Waals surface area contributed by atoms with Crippen molar-refractivity contribution < 1.29 is 32.2 Å². The number of carbonyl (C=O) groups is 1. The molecule has 4 nitrogen and oxygen atoms in total. The van der Waals surface area contributed by atoms with E-state index in [1.54, 1.807) is 38.1 Å². The summed E-state index contributed by atoms with van der Waals surface area (Å²) < 4.78 is 57.7. The molecule has 32 heavy (non-hydrogen) atoms. The van der Waals surface area contributed by atoms with Crippen molar-refractivity contribution in [2.24, 2.45) is 0 Å². The van der Waals surface area contributed by atoms with Crippen LogP contribution in [0.5, 0.6) is 5.75 Å². The topological polar surface area (TPSA) is 58.6 Å². The molecule has 3 rings (SSSR count). The first-order valence-electron chi connectivity index (χ1n) is 9.67. The van der Waals surface area contributed by atoms with Crippen LogP contribution in [0.3, 0.4) is 0 Å². The molecule has 3 aromatic carbocycles. The Morgan fingerprint density at radius 3 is 2.19 bits per heavy atom. The number of halogens is 4. The van der Waals surface area contributed by atoms with Gasteiger partial charge in [0.05, 0.1) is 11.2 Å². The number of hydrogen-bond donors (Lipinski definition) is 2. The molecule has 0 aliphatic carbocycles. The summed E-state index contributed by atoms with van der Waals surface area (Å²) in [6.07, 6.45) is -4.55. The number of benzene rings is 3. The van der Waals surface area contributed by atoms with E-state index in [-0.39, 0.29) is 22.4 Å². The molecule has 0 saturated carbocycles. The highest BCUT2D eigenvalue weighted by atomic mass is 19.4. The molecule has 8 heteroatoms. The van der Waals surface area contributed by atoms with Crippen molar-refractivity contribution >= 4 is 11.6 Å². The van der Waals surface area contributed by atoms with Gasteiger partial charge in [0.25, 0.3) is 5.91 Å². The second-order valence-electron chi connectivity index (χ2n) is 7.66. The monoisotopic (exact) mass is 447 g/mol. The largest absolute Gasteiger partial charge is 0.483 e. The zero-order valence-corrected chi connectivity index (χ0v) is 17.3. The van der Waals surface area contributed by atoms with Gasteiger partial charge in [0.2, 0.25) is 0 Å². The normalized spacial score (nSPS) is 11.8. The maximum absolute atomic E-state index is 15.2. The van der Waals surface area contributed by atoms with Gasteiger partial charge in [-0.15, -0.1) is 0 Å². The number of ether oxygens (including phenoxy) is 1. The van der Waals surface area contributed by atoms with E-state index < -0.39 is 30.1 Å². The molecule has 0 radical (unpaired) electrons. The van der Waals surface area contributed by atoms with Crippen molar-refractivity contribution in [3.63, 3.8) is 0 Å². The second kappa shape index (κ2) is 9.00. The van der Waals surface area contributed by atoms with Crippen LogP contribution in [-0.4, -0.2) is 23.8 Å². The van der Waals surface area contributed by atoms with E-state index in [4.69, 9.17) is 4.74 Å². The minimum absolute atomic E-state index is 0.0622. The third-order valence-corrected chi connectivity index (χ3v) is 4.66. The molecule has 0 unspecified atom stereocenters. The smallest absolute Gasteiger partial charge is 0.422 e. The predicted molar refractivity (Wildman–Crippen MR) is 113 cm³/mol. The zero-order chi connectivity index (χ0) is 23.5. The lowest BCUT2D eigenvalue weighted by Crippen LogP contribution is -2.19. The fourth-order valence-electron chi connectivity index (χ4n) is 3.05. The number of para-hydroxylation sites is 1. The Kier molecular flexibility index (Phi) is 6.55. The summed E-state index contributed by atoms with van der Waals surface area (Å²) in [7, 11) is 0. The number of rotatable bonds is 6. The Hall–Kier alpha value is -3.39. The van der Waals surface area contributed by atoms with Gasteiger partial charge in [-0.05, 0) is 43.7 Å². The maximum Gasteiger partial charge on any atom is 0.422 e. The molecule has 0 fully saturated rings. The first kappa shape index (κ1) is 23.3. The SMILES string of the molecule is CC(C)(O)c1ccc(NC(=O)c2cccc(-c3ccccc3OCC(F)(F)F)c2F)cc1. The van der Waals surface area contributed by atoms with Crippen molar-refractivity contribution in [2.75, 3.05) is 11.9 Å². The molecule has 0 saturated heterocycles. The van der Waals surface area contributed by atoms with Crippen LogP contribution in [0.25, 0.3) is 11.1 Å². The fourth-order valence-corrected chi connectivity index (χ4v) is 3.05. The van der Waals surface area contributed by atoms with Crippen molar-refractivity contribution in [2.45, 2.75) is 25.6 Å². The average Bonchev–Trinajstić information content (AvgIpc) is 2.72. The van der Waals surface area contributed by atoms with Crippen LogP contribution in [0.2, 0.25) is 0 Å². The van der Waals surface area contributed by atoms with Gasteiger partial charge in [-0.2, -0.15) is 13.2 Å². The number of amides is 1. The molecule has 2 N–H and O–H groups in total. The van der Waals surface area contributed by atoms with Crippen LogP contribution >= 0.6 is 0 Å². The van der Waals surface area contributed by atoms with Crippen LogP contribution in [0.15, 0.2) is 66.7 Å². The van der Waals surface area contributed by atoms with E-state index in [0.29, 0.717) is 11.3 Å². The van der Waals surface area contributed by atoms with Crippen LogP contribution < -0.4 is 10.1 Å². The highest BCUT2D eigenvalue weighted by Gasteiger charge is 2.29. The number of nitrogens with one attached hydrogen (secondary N) is 1. The van der Waals surface area contributed by atoms with Gasteiger partial charge < -0.3 is 15.2 Å². The van der Waals surface area contributed by atoms with Gasteiger partial charge in [-0.25, -0.2) is 4.39 Å². The Labute approximate surface area is 182 Å². The standard InChI is InChI=1S/C24H21F4NO3/c1-23(2,31)15-10-12-16(13-11-15)29-22(30)19-8-5-7-18(21(19)25)17-6-3-4-9-20(17)32-14-24(26,27)28/h3-13,31H,14H2,1-2H3,(H,29,30). The molecular weight excluding hydrogens is 426 g/mol. The first-order valence-corrected chi connectivity index (χ1v) is 9.67. The lowest BCUT2D eigenvalue weighted by molar-refractivity contribution is -0.153. The van der Waals surface area contributed by atoms with Crippen molar-refractivity contribution in [1.82, 2.24) is 0 Å². The number of aliphatic hydroxyl groups is 1. The average molecular weight is 447 g/mol.